The zero-order valence-corrected chi connectivity index (χ0v) is 15.8. The van der Waals surface area contributed by atoms with Crippen molar-refractivity contribution in [2.24, 2.45) is 0 Å². The summed E-state index contributed by atoms with van der Waals surface area (Å²) >= 11 is 0. The Hall–Kier alpha value is -3.38. The van der Waals surface area contributed by atoms with E-state index in [1.807, 2.05) is 6.07 Å². The molecule has 6 heteroatoms. The van der Waals surface area contributed by atoms with Crippen molar-refractivity contribution in [3.63, 3.8) is 0 Å². The molecular formula is C22H16O5S. The van der Waals surface area contributed by atoms with Gasteiger partial charge in [-0.3, -0.25) is 0 Å². The van der Waals surface area contributed by atoms with Crippen LogP contribution in [0.4, 0.5) is 0 Å². The van der Waals surface area contributed by atoms with Gasteiger partial charge in [-0.15, -0.1) is 0 Å². The van der Waals surface area contributed by atoms with Crippen molar-refractivity contribution in [3.8, 4) is 16.9 Å². The Balaban J connectivity index is 2.17. The number of ether oxygens (including phenoxy) is 1. The maximum absolute atomic E-state index is 13.4. The van der Waals surface area contributed by atoms with Gasteiger partial charge in [0.1, 0.15) is 11.3 Å². The van der Waals surface area contributed by atoms with E-state index in [4.69, 9.17) is 9.15 Å². The molecule has 0 N–H and O–H groups in total. The van der Waals surface area contributed by atoms with Crippen LogP contribution in [-0.4, -0.2) is 15.5 Å². The standard InChI is InChI=1S/C22H16O5S/c1-26-16-12-13-19-18(14-16)20(15-8-4-2-5-9-15)21(22(23)27-19)28(24,25)17-10-6-3-7-11-17/h2-14H,1H3. The van der Waals surface area contributed by atoms with E-state index < -0.39 is 15.5 Å². The van der Waals surface area contributed by atoms with Crippen molar-refractivity contribution < 1.29 is 17.6 Å². The van der Waals surface area contributed by atoms with E-state index in [2.05, 4.69) is 0 Å². The molecule has 0 bridgehead atoms. The van der Waals surface area contributed by atoms with Gasteiger partial charge in [-0.2, -0.15) is 0 Å². The highest BCUT2D eigenvalue weighted by Gasteiger charge is 2.29. The van der Waals surface area contributed by atoms with E-state index in [1.165, 1.54) is 19.2 Å². The van der Waals surface area contributed by atoms with E-state index in [-0.39, 0.29) is 15.4 Å². The van der Waals surface area contributed by atoms with Crippen LogP contribution in [0.25, 0.3) is 22.1 Å². The first kappa shape index (κ1) is 18.0. The Bertz CT molecular complexity index is 1310. The fraction of sp³-hybridized carbons (Fsp3) is 0.0455. The van der Waals surface area contributed by atoms with Crippen LogP contribution in [-0.2, 0) is 9.84 Å². The molecule has 0 aliphatic carbocycles. The molecule has 0 atom stereocenters. The van der Waals surface area contributed by atoms with Crippen LogP contribution >= 0.6 is 0 Å². The summed E-state index contributed by atoms with van der Waals surface area (Å²) in [6.07, 6.45) is 0. The molecule has 0 fully saturated rings. The van der Waals surface area contributed by atoms with Gasteiger partial charge in [0.25, 0.3) is 0 Å². The minimum Gasteiger partial charge on any atom is -0.497 e. The molecule has 0 amide bonds. The maximum Gasteiger partial charge on any atom is 0.356 e. The second-order valence-electron chi connectivity index (χ2n) is 6.14. The molecule has 0 radical (unpaired) electrons. The Morgan fingerprint density at radius 2 is 1.50 bits per heavy atom. The first-order valence-electron chi connectivity index (χ1n) is 8.53. The summed E-state index contributed by atoms with van der Waals surface area (Å²) in [4.78, 5) is 12.5. The average molecular weight is 392 g/mol. The van der Waals surface area contributed by atoms with Crippen molar-refractivity contribution in [3.05, 3.63) is 89.3 Å². The third-order valence-electron chi connectivity index (χ3n) is 4.46. The molecule has 140 valence electrons. The van der Waals surface area contributed by atoms with E-state index in [1.54, 1.807) is 60.7 Å². The molecule has 1 aromatic heterocycles. The summed E-state index contributed by atoms with van der Waals surface area (Å²) in [6, 6.07) is 21.7. The van der Waals surface area contributed by atoms with Crippen molar-refractivity contribution in [1.82, 2.24) is 0 Å². The van der Waals surface area contributed by atoms with E-state index in [0.717, 1.165) is 0 Å². The SMILES string of the molecule is COc1ccc2oc(=O)c(S(=O)(=O)c3ccccc3)c(-c3ccccc3)c2c1. The normalized spacial score (nSPS) is 11.5. The molecule has 3 aromatic carbocycles. The fourth-order valence-electron chi connectivity index (χ4n) is 3.14. The topological polar surface area (TPSA) is 73.6 Å². The summed E-state index contributed by atoms with van der Waals surface area (Å²) in [5.74, 6) is 0.529. The number of hydrogen-bond acceptors (Lipinski definition) is 5. The van der Waals surface area contributed by atoms with Crippen LogP contribution < -0.4 is 10.4 Å². The van der Waals surface area contributed by atoms with E-state index >= 15 is 0 Å². The number of methoxy groups -OCH3 is 1. The zero-order valence-electron chi connectivity index (χ0n) is 15.0. The summed E-state index contributed by atoms with van der Waals surface area (Å²) in [7, 11) is -2.59. The number of hydrogen-bond donors (Lipinski definition) is 0. The Morgan fingerprint density at radius 1 is 0.857 bits per heavy atom. The van der Waals surface area contributed by atoms with E-state index in [0.29, 0.717) is 22.3 Å². The molecule has 28 heavy (non-hydrogen) atoms. The fourth-order valence-corrected chi connectivity index (χ4v) is 4.65. The highest BCUT2D eigenvalue weighted by molar-refractivity contribution is 7.91. The van der Waals surface area contributed by atoms with Crippen LogP contribution in [0.2, 0.25) is 0 Å². The molecule has 0 spiro atoms. The second-order valence-corrected chi connectivity index (χ2v) is 8.02. The largest absolute Gasteiger partial charge is 0.497 e. The monoisotopic (exact) mass is 392 g/mol. The third kappa shape index (κ3) is 2.97. The minimum absolute atomic E-state index is 0.0294. The van der Waals surface area contributed by atoms with Gasteiger partial charge in [-0.05, 0) is 35.9 Å². The van der Waals surface area contributed by atoms with Crippen molar-refractivity contribution >= 4 is 20.8 Å². The molecule has 1 heterocycles. The van der Waals surface area contributed by atoms with Gasteiger partial charge >= 0.3 is 5.63 Å². The molecular weight excluding hydrogens is 376 g/mol. The Labute approximate surface area is 161 Å². The van der Waals surface area contributed by atoms with Gasteiger partial charge in [-0.1, -0.05) is 48.5 Å². The lowest BCUT2D eigenvalue weighted by Crippen LogP contribution is -2.16. The lowest BCUT2D eigenvalue weighted by atomic mass is 10.0. The number of sulfone groups is 1. The summed E-state index contributed by atoms with van der Waals surface area (Å²) in [5.41, 5.74) is 0.287. The van der Waals surface area contributed by atoms with Crippen LogP contribution in [0.5, 0.6) is 5.75 Å². The van der Waals surface area contributed by atoms with Crippen molar-refractivity contribution in [1.29, 1.82) is 0 Å². The first-order chi connectivity index (χ1) is 13.5. The second kappa shape index (κ2) is 6.98. The highest BCUT2D eigenvalue weighted by Crippen LogP contribution is 2.36. The molecule has 0 unspecified atom stereocenters. The molecule has 0 saturated heterocycles. The van der Waals surface area contributed by atoms with Crippen LogP contribution in [0.15, 0.2) is 97.9 Å². The van der Waals surface area contributed by atoms with Crippen LogP contribution in [0, 0.1) is 0 Å². The van der Waals surface area contributed by atoms with Gasteiger partial charge in [-0.25, -0.2) is 13.2 Å². The first-order valence-corrected chi connectivity index (χ1v) is 10.0. The van der Waals surface area contributed by atoms with Crippen molar-refractivity contribution in [2.45, 2.75) is 9.79 Å². The van der Waals surface area contributed by atoms with Gasteiger partial charge in [0.05, 0.1) is 12.0 Å². The van der Waals surface area contributed by atoms with Crippen molar-refractivity contribution in [2.75, 3.05) is 7.11 Å². The van der Waals surface area contributed by atoms with Crippen LogP contribution in [0.1, 0.15) is 0 Å². The lowest BCUT2D eigenvalue weighted by molar-refractivity contribution is 0.415. The quantitative estimate of drug-likeness (QED) is 0.484. The lowest BCUT2D eigenvalue weighted by Gasteiger charge is -2.13. The number of benzene rings is 3. The predicted octanol–water partition coefficient (Wildman–Crippen LogP) is 4.30. The Kier molecular flexibility index (Phi) is 4.49. The summed E-state index contributed by atoms with van der Waals surface area (Å²) in [6.45, 7) is 0. The minimum atomic E-state index is -4.11. The molecule has 4 aromatic rings. The van der Waals surface area contributed by atoms with Gasteiger partial charge in [0, 0.05) is 10.9 Å². The van der Waals surface area contributed by atoms with Gasteiger partial charge in [0.2, 0.25) is 9.84 Å². The third-order valence-corrected chi connectivity index (χ3v) is 6.26. The predicted molar refractivity (Wildman–Crippen MR) is 106 cm³/mol. The number of rotatable bonds is 4. The molecule has 4 rings (SSSR count). The summed E-state index contributed by atoms with van der Waals surface area (Å²) in [5, 5.41) is 0.486. The van der Waals surface area contributed by atoms with E-state index in [9.17, 15) is 13.2 Å². The average Bonchev–Trinajstić information content (AvgIpc) is 2.73. The zero-order chi connectivity index (χ0) is 19.7. The van der Waals surface area contributed by atoms with Gasteiger partial charge < -0.3 is 9.15 Å². The number of fused-ring (bicyclic) bond motifs is 1. The molecule has 0 saturated carbocycles. The maximum atomic E-state index is 13.4. The smallest absolute Gasteiger partial charge is 0.356 e. The summed E-state index contributed by atoms with van der Waals surface area (Å²) < 4.78 is 37.4. The molecule has 5 nitrogen and oxygen atoms in total. The van der Waals surface area contributed by atoms with Gasteiger partial charge in [0.15, 0.2) is 4.90 Å². The highest BCUT2D eigenvalue weighted by atomic mass is 32.2. The van der Waals surface area contributed by atoms with Crippen LogP contribution in [0.3, 0.4) is 0 Å². The molecule has 0 aliphatic heterocycles. The Morgan fingerprint density at radius 3 is 2.14 bits per heavy atom. The molecule has 0 aliphatic rings.